The molecule has 88 valence electrons. The highest BCUT2D eigenvalue weighted by Crippen LogP contribution is 2.18. The van der Waals surface area contributed by atoms with Gasteiger partial charge in [0, 0.05) is 12.1 Å². The molecule has 1 fully saturated rings. The van der Waals surface area contributed by atoms with Crippen molar-refractivity contribution in [3.05, 3.63) is 0 Å². The van der Waals surface area contributed by atoms with Gasteiger partial charge in [-0.1, -0.05) is 0 Å². The molecule has 3 N–H and O–H groups in total. The van der Waals surface area contributed by atoms with E-state index in [4.69, 9.17) is 5.11 Å². The summed E-state index contributed by atoms with van der Waals surface area (Å²) >= 11 is 0. The van der Waals surface area contributed by atoms with Crippen molar-refractivity contribution in [1.29, 1.82) is 0 Å². The van der Waals surface area contributed by atoms with Gasteiger partial charge in [0.2, 0.25) is 10.0 Å². The zero-order valence-electron chi connectivity index (χ0n) is 8.56. The molecule has 0 aromatic heterocycles. The van der Waals surface area contributed by atoms with Crippen LogP contribution in [0.25, 0.3) is 0 Å². The number of amides is 1. The van der Waals surface area contributed by atoms with Crippen LogP contribution < -0.4 is 10.0 Å². The van der Waals surface area contributed by atoms with Gasteiger partial charge in [-0.15, -0.1) is 0 Å². The minimum atomic E-state index is -3.15. The van der Waals surface area contributed by atoms with Crippen LogP contribution in [0.1, 0.15) is 25.7 Å². The SMILES string of the molecule is CS(=O)(=O)NC1CCC(NC(=O)O)CC1. The maximum atomic E-state index is 10.9. The normalized spacial score (nSPS) is 27.3. The van der Waals surface area contributed by atoms with Gasteiger partial charge in [0.15, 0.2) is 0 Å². The third-order valence-corrected chi connectivity index (χ3v) is 3.20. The topological polar surface area (TPSA) is 95.5 Å². The first-order chi connectivity index (χ1) is 6.87. The standard InChI is InChI=1S/C8H16N2O4S/c1-15(13,14)10-7-4-2-6(3-5-7)9-8(11)12/h6-7,9-10H,2-5H2,1H3,(H,11,12). The van der Waals surface area contributed by atoms with Crippen LogP contribution >= 0.6 is 0 Å². The summed E-state index contributed by atoms with van der Waals surface area (Å²) in [7, 11) is -3.15. The van der Waals surface area contributed by atoms with E-state index in [1.165, 1.54) is 0 Å². The molecule has 1 amide bonds. The van der Waals surface area contributed by atoms with Crippen molar-refractivity contribution in [3.8, 4) is 0 Å². The molecule has 1 aliphatic rings. The number of carboxylic acid groups (broad SMARTS) is 1. The molecule has 0 aromatic rings. The van der Waals surface area contributed by atoms with Gasteiger partial charge in [-0.05, 0) is 25.7 Å². The monoisotopic (exact) mass is 236 g/mol. The molecule has 0 atom stereocenters. The number of sulfonamides is 1. The number of hydrogen-bond acceptors (Lipinski definition) is 3. The summed E-state index contributed by atoms with van der Waals surface area (Å²) in [5, 5.41) is 10.9. The third kappa shape index (κ3) is 4.98. The smallest absolute Gasteiger partial charge is 0.404 e. The number of rotatable bonds is 3. The van der Waals surface area contributed by atoms with Crippen molar-refractivity contribution in [2.45, 2.75) is 37.8 Å². The van der Waals surface area contributed by atoms with Crippen LogP contribution in [0.5, 0.6) is 0 Å². The second kappa shape index (κ2) is 4.80. The molecular weight excluding hydrogens is 220 g/mol. The van der Waals surface area contributed by atoms with Crippen molar-refractivity contribution < 1.29 is 18.3 Å². The summed E-state index contributed by atoms with van der Waals surface area (Å²) < 4.78 is 24.4. The molecule has 7 heteroatoms. The number of hydrogen-bond donors (Lipinski definition) is 3. The van der Waals surface area contributed by atoms with Gasteiger partial charge in [0.25, 0.3) is 0 Å². The fourth-order valence-electron chi connectivity index (χ4n) is 1.83. The average molecular weight is 236 g/mol. The quantitative estimate of drug-likeness (QED) is 0.648. The van der Waals surface area contributed by atoms with Gasteiger partial charge in [-0.3, -0.25) is 0 Å². The highest BCUT2D eigenvalue weighted by molar-refractivity contribution is 7.88. The highest BCUT2D eigenvalue weighted by Gasteiger charge is 2.23. The maximum Gasteiger partial charge on any atom is 0.404 e. The van der Waals surface area contributed by atoms with Crippen LogP contribution in [-0.2, 0) is 10.0 Å². The first kappa shape index (κ1) is 12.3. The van der Waals surface area contributed by atoms with Gasteiger partial charge < -0.3 is 10.4 Å². The number of carbonyl (C=O) groups is 1. The van der Waals surface area contributed by atoms with E-state index in [1.54, 1.807) is 0 Å². The minimum absolute atomic E-state index is 0.0416. The molecule has 15 heavy (non-hydrogen) atoms. The van der Waals surface area contributed by atoms with Crippen LogP contribution in [0.2, 0.25) is 0 Å². The third-order valence-electron chi connectivity index (χ3n) is 2.44. The zero-order valence-corrected chi connectivity index (χ0v) is 9.38. The van der Waals surface area contributed by atoms with E-state index in [0.717, 1.165) is 6.26 Å². The van der Waals surface area contributed by atoms with E-state index < -0.39 is 16.1 Å². The van der Waals surface area contributed by atoms with Gasteiger partial charge in [-0.2, -0.15) is 0 Å². The Morgan fingerprint density at radius 3 is 2.07 bits per heavy atom. The molecular formula is C8H16N2O4S. The van der Waals surface area contributed by atoms with Crippen LogP contribution in [0.3, 0.4) is 0 Å². The molecule has 0 aliphatic heterocycles. The minimum Gasteiger partial charge on any atom is -0.465 e. The molecule has 0 unspecified atom stereocenters. The summed E-state index contributed by atoms with van der Waals surface area (Å²) in [4.78, 5) is 10.4. The first-order valence-corrected chi connectivity index (χ1v) is 6.73. The molecule has 1 saturated carbocycles. The Morgan fingerprint density at radius 2 is 1.67 bits per heavy atom. The lowest BCUT2D eigenvalue weighted by Crippen LogP contribution is -2.43. The average Bonchev–Trinajstić information content (AvgIpc) is 2.05. The van der Waals surface area contributed by atoms with E-state index >= 15 is 0 Å². The second-order valence-corrected chi connectivity index (χ2v) is 5.67. The lowest BCUT2D eigenvalue weighted by atomic mass is 9.92. The van der Waals surface area contributed by atoms with Crippen molar-refractivity contribution in [2.24, 2.45) is 0 Å². The molecule has 0 heterocycles. The lowest BCUT2D eigenvalue weighted by molar-refractivity contribution is 0.184. The predicted octanol–water partition coefficient (Wildman–Crippen LogP) is 0.114. The van der Waals surface area contributed by atoms with Crippen LogP contribution in [0, 0.1) is 0 Å². The summed E-state index contributed by atoms with van der Waals surface area (Å²) in [5.74, 6) is 0. The molecule has 0 aromatic carbocycles. The highest BCUT2D eigenvalue weighted by atomic mass is 32.2. The number of nitrogens with one attached hydrogen (secondary N) is 2. The van der Waals surface area contributed by atoms with E-state index in [1.807, 2.05) is 0 Å². The molecule has 0 bridgehead atoms. The zero-order chi connectivity index (χ0) is 11.5. The molecule has 0 spiro atoms. The second-order valence-electron chi connectivity index (χ2n) is 3.89. The summed E-state index contributed by atoms with van der Waals surface area (Å²) in [5.41, 5.74) is 0. The van der Waals surface area contributed by atoms with Gasteiger partial charge >= 0.3 is 6.09 Å². The van der Waals surface area contributed by atoms with Crippen molar-refractivity contribution in [2.75, 3.05) is 6.26 Å². The molecule has 0 saturated heterocycles. The maximum absolute atomic E-state index is 10.9. The van der Waals surface area contributed by atoms with Crippen LogP contribution in [0.15, 0.2) is 0 Å². The Hall–Kier alpha value is -0.820. The Balaban J connectivity index is 2.33. The molecule has 1 rings (SSSR count). The summed E-state index contributed by atoms with van der Waals surface area (Å²) in [6, 6.07) is -0.0908. The first-order valence-electron chi connectivity index (χ1n) is 4.83. The Labute approximate surface area is 89.1 Å². The van der Waals surface area contributed by atoms with Gasteiger partial charge in [0.1, 0.15) is 0 Å². The lowest BCUT2D eigenvalue weighted by Gasteiger charge is -2.28. The van der Waals surface area contributed by atoms with Crippen molar-refractivity contribution in [1.82, 2.24) is 10.0 Å². The van der Waals surface area contributed by atoms with E-state index in [-0.39, 0.29) is 12.1 Å². The molecule has 6 nitrogen and oxygen atoms in total. The largest absolute Gasteiger partial charge is 0.465 e. The van der Waals surface area contributed by atoms with Gasteiger partial charge in [0.05, 0.1) is 6.26 Å². The molecule has 0 radical (unpaired) electrons. The Morgan fingerprint density at radius 1 is 1.20 bits per heavy atom. The van der Waals surface area contributed by atoms with Crippen LogP contribution in [0.4, 0.5) is 4.79 Å². The Kier molecular flexibility index (Phi) is 3.92. The fourth-order valence-corrected chi connectivity index (χ4v) is 2.67. The van der Waals surface area contributed by atoms with Crippen molar-refractivity contribution >= 4 is 16.1 Å². The fraction of sp³-hybridized carbons (Fsp3) is 0.875. The van der Waals surface area contributed by atoms with E-state index in [0.29, 0.717) is 25.7 Å². The predicted molar refractivity (Wildman–Crippen MR) is 55.2 cm³/mol. The van der Waals surface area contributed by atoms with Crippen molar-refractivity contribution in [3.63, 3.8) is 0 Å². The molecule has 1 aliphatic carbocycles. The van der Waals surface area contributed by atoms with E-state index in [2.05, 4.69) is 10.0 Å². The van der Waals surface area contributed by atoms with Gasteiger partial charge in [-0.25, -0.2) is 17.9 Å². The Bertz CT molecular complexity index is 320. The van der Waals surface area contributed by atoms with Crippen LogP contribution in [-0.4, -0.2) is 38.0 Å². The summed E-state index contributed by atoms with van der Waals surface area (Å²) in [6.45, 7) is 0. The van der Waals surface area contributed by atoms with E-state index in [9.17, 15) is 13.2 Å². The summed E-state index contributed by atoms with van der Waals surface area (Å²) in [6.07, 6.45) is 2.83.